The number of rotatable bonds is 6. The molecule has 1 heterocycles. The molecule has 0 aliphatic carbocycles. The Hall–Kier alpha value is -2.37. The fraction of sp³-hybridized carbons (Fsp3) is 0.381. The molecule has 2 aromatic carbocycles. The highest BCUT2D eigenvalue weighted by Crippen LogP contribution is 2.21. The Bertz CT molecular complexity index is 693. The summed E-state index contributed by atoms with van der Waals surface area (Å²) >= 11 is 0. The van der Waals surface area contributed by atoms with Crippen LogP contribution in [0.1, 0.15) is 10.4 Å². The first kappa shape index (κ1) is 18.4. The second-order valence-corrected chi connectivity index (χ2v) is 6.88. The van der Waals surface area contributed by atoms with Crippen LogP contribution in [-0.4, -0.2) is 74.0 Å². The third kappa shape index (κ3) is 5.07. The van der Waals surface area contributed by atoms with Gasteiger partial charge in [0.05, 0.1) is 0 Å². The Balaban J connectivity index is 1.52. The number of piperazine rings is 1. The molecular weight excluding hydrogens is 326 g/mol. The van der Waals surface area contributed by atoms with E-state index < -0.39 is 0 Å². The van der Waals surface area contributed by atoms with E-state index in [9.17, 15) is 4.79 Å². The highest BCUT2D eigenvalue weighted by Gasteiger charge is 2.21. The summed E-state index contributed by atoms with van der Waals surface area (Å²) in [7, 11) is 4.18. The van der Waals surface area contributed by atoms with Gasteiger partial charge in [0.25, 0.3) is 5.91 Å². The molecule has 1 amide bonds. The van der Waals surface area contributed by atoms with Gasteiger partial charge in [0.15, 0.2) is 0 Å². The van der Waals surface area contributed by atoms with E-state index in [2.05, 4.69) is 23.9 Å². The van der Waals surface area contributed by atoms with Crippen molar-refractivity contribution in [3.8, 4) is 11.5 Å². The van der Waals surface area contributed by atoms with Gasteiger partial charge in [0.1, 0.15) is 11.5 Å². The van der Waals surface area contributed by atoms with Gasteiger partial charge in [-0.05, 0) is 50.5 Å². The lowest BCUT2D eigenvalue weighted by Crippen LogP contribution is -2.49. The van der Waals surface area contributed by atoms with Crippen molar-refractivity contribution < 1.29 is 9.53 Å². The molecule has 0 N–H and O–H groups in total. The Morgan fingerprint density at radius 2 is 1.54 bits per heavy atom. The van der Waals surface area contributed by atoms with Gasteiger partial charge in [-0.25, -0.2) is 0 Å². The monoisotopic (exact) mass is 353 g/mol. The number of nitrogens with zero attached hydrogens (tertiary/aromatic N) is 3. The number of benzene rings is 2. The number of carbonyl (C=O) groups is 1. The Morgan fingerprint density at radius 1 is 0.923 bits per heavy atom. The molecule has 0 saturated carbocycles. The zero-order valence-corrected chi connectivity index (χ0v) is 15.6. The Kier molecular flexibility index (Phi) is 6.26. The molecule has 1 aliphatic heterocycles. The number of para-hydroxylation sites is 1. The lowest BCUT2D eigenvalue weighted by Gasteiger charge is -2.35. The maximum Gasteiger partial charge on any atom is 0.253 e. The maximum atomic E-state index is 12.7. The SMILES string of the molecule is CN(C)CCN1CCN(C(=O)c2ccc(Oc3ccccc3)cc2)CC1. The van der Waals surface area contributed by atoms with Crippen LogP contribution in [0.5, 0.6) is 11.5 Å². The standard InChI is InChI=1S/C21H27N3O2/c1-22(2)12-13-23-14-16-24(17-15-23)21(25)18-8-10-20(11-9-18)26-19-6-4-3-5-7-19/h3-11H,12-17H2,1-2H3. The molecule has 5 heteroatoms. The number of amides is 1. The molecule has 3 rings (SSSR count). The predicted octanol–water partition coefficient (Wildman–Crippen LogP) is 2.80. The third-order valence-electron chi connectivity index (χ3n) is 4.60. The zero-order valence-electron chi connectivity index (χ0n) is 15.6. The van der Waals surface area contributed by atoms with Crippen molar-refractivity contribution in [2.45, 2.75) is 0 Å². The number of carbonyl (C=O) groups excluding carboxylic acids is 1. The van der Waals surface area contributed by atoms with Gasteiger partial charge in [0, 0.05) is 44.8 Å². The fourth-order valence-corrected chi connectivity index (χ4v) is 2.99. The molecule has 0 atom stereocenters. The summed E-state index contributed by atoms with van der Waals surface area (Å²) in [4.78, 5) is 19.3. The van der Waals surface area contributed by atoms with Crippen molar-refractivity contribution in [2.24, 2.45) is 0 Å². The van der Waals surface area contributed by atoms with Crippen molar-refractivity contribution in [3.63, 3.8) is 0 Å². The lowest BCUT2D eigenvalue weighted by atomic mass is 10.1. The molecule has 0 unspecified atom stereocenters. The molecule has 5 nitrogen and oxygen atoms in total. The molecule has 26 heavy (non-hydrogen) atoms. The van der Waals surface area contributed by atoms with E-state index in [1.54, 1.807) is 0 Å². The van der Waals surface area contributed by atoms with Gasteiger partial charge >= 0.3 is 0 Å². The average molecular weight is 353 g/mol. The molecular formula is C21H27N3O2. The van der Waals surface area contributed by atoms with Crippen LogP contribution < -0.4 is 4.74 Å². The average Bonchev–Trinajstić information content (AvgIpc) is 2.68. The summed E-state index contributed by atoms with van der Waals surface area (Å²) in [6.45, 7) is 5.56. The van der Waals surface area contributed by atoms with Crippen LogP contribution in [0.25, 0.3) is 0 Å². The van der Waals surface area contributed by atoms with Crippen LogP contribution >= 0.6 is 0 Å². The second-order valence-electron chi connectivity index (χ2n) is 6.88. The Morgan fingerprint density at radius 3 is 2.15 bits per heavy atom. The summed E-state index contributed by atoms with van der Waals surface area (Å²) in [5, 5.41) is 0. The second kappa shape index (κ2) is 8.83. The zero-order chi connectivity index (χ0) is 18.4. The van der Waals surface area contributed by atoms with Crippen molar-refractivity contribution in [3.05, 3.63) is 60.2 Å². The quantitative estimate of drug-likeness (QED) is 0.800. The summed E-state index contributed by atoms with van der Waals surface area (Å²) in [5.41, 5.74) is 0.715. The molecule has 1 aliphatic rings. The highest BCUT2D eigenvalue weighted by atomic mass is 16.5. The van der Waals surface area contributed by atoms with E-state index in [0.29, 0.717) is 5.56 Å². The largest absolute Gasteiger partial charge is 0.457 e. The molecule has 0 aromatic heterocycles. The van der Waals surface area contributed by atoms with E-state index in [4.69, 9.17) is 4.74 Å². The van der Waals surface area contributed by atoms with Crippen molar-refractivity contribution in [1.82, 2.24) is 14.7 Å². The molecule has 0 spiro atoms. The van der Waals surface area contributed by atoms with Gasteiger partial charge in [-0.1, -0.05) is 18.2 Å². The lowest BCUT2D eigenvalue weighted by molar-refractivity contribution is 0.0629. The summed E-state index contributed by atoms with van der Waals surface area (Å²) in [6.07, 6.45) is 0. The van der Waals surface area contributed by atoms with Gasteiger partial charge < -0.3 is 14.5 Å². The third-order valence-corrected chi connectivity index (χ3v) is 4.60. The molecule has 1 fully saturated rings. The van der Waals surface area contributed by atoms with Crippen molar-refractivity contribution >= 4 is 5.91 Å². The first-order chi connectivity index (χ1) is 12.6. The minimum Gasteiger partial charge on any atom is -0.457 e. The topological polar surface area (TPSA) is 36.0 Å². The van der Waals surface area contributed by atoms with E-state index in [1.165, 1.54) is 0 Å². The van der Waals surface area contributed by atoms with Gasteiger partial charge in [0.2, 0.25) is 0 Å². The molecule has 0 bridgehead atoms. The van der Waals surface area contributed by atoms with Crippen LogP contribution in [0.3, 0.4) is 0 Å². The number of hydrogen-bond donors (Lipinski definition) is 0. The number of likely N-dealkylation sites (N-methyl/N-ethyl adjacent to an activating group) is 1. The predicted molar refractivity (Wildman–Crippen MR) is 104 cm³/mol. The smallest absolute Gasteiger partial charge is 0.253 e. The van der Waals surface area contributed by atoms with Gasteiger partial charge in [-0.3, -0.25) is 9.69 Å². The first-order valence-corrected chi connectivity index (χ1v) is 9.11. The van der Waals surface area contributed by atoms with Crippen LogP contribution in [0, 0.1) is 0 Å². The molecule has 1 saturated heterocycles. The highest BCUT2D eigenvalue weighted by molar-refractivity contribution is 5.94. The van der Waals surface area contributed by atoms with Crippen LogP contribution in [0.15, 0.2) is 54.6 Å². The Labute approximate surface area is 155 Å². The summed E-state index contributed by atoms with van der Waals surface area (Å²) < 4.78 is 5.78. The minimum atomic E-state index is 0.100. The molecule has 0 radical (unpaired) electrons. The fourth-order valence-electron chi connectivity index (χ4n) is 2.99. The van der Waals surface area contributed by atoms with Crippen LogP contribution in [-0.2, 0) is 0 Å². The molecule has 138 valence electrons. The van der Waals surface area contributed by atoms with Gasteiger partial charge in [-0.2, -0.15) is 0 Å². The van der Waals surface area contributed by atoms with Crippen molar-refractivity contribution in [2.75, 3.05) is 53.4 Å². The molecule has 2 aromatic rings. The first-order valence-electron chi connectivity index (χ1n) is 9.11. The van der Waals surface area contributed by atoms with Crippen LogP contribution in [0.2, 0.25) is 0 Å². The number of hydrogen-bond acceptors (Lipinski definition) is 4. The van der Waals surface area contributed by atoms with E-state index in [1.807, 2.05) is 59.5 Å². The number of ether oxygens (including phenoxy) is 1. The van der Waals surface area contributed by atoms with E-state index in [0.717, 1.165) is 50.8 Å². The van der Waals surface area contributed by atoms with Crippen LogP contribution in [0.4, 0.5) is 0 Å². The van der Waals surface area contributed by atoms with Crippen molar-refractivity contribution in [1.29, 1.82) is 0 Å². The summed E-state index contributed by atoms with van der Waals surface area (Å²) in [6, 6.07) is 17.1. The van der Waals surface area contributed by atoms with Gasteiger partial charge in [-0.15, -0.1) is 0 Å². The van der Waals surface area contributed by atoms with E-state index >= 15 is 0 Å². The van der Waals surface area contributed by atoms with E-state index in [-0.39, 0.29) is 5.91 Å². The minimum absolute atomic E-state index is 0.100. The maximum absolute atomic E-state index is 12.7. The normalized spacial score (nSPS) is 15.3. The summed E-state index contributed by atoms with van der Waals surface area (Å²) in [5.74, 6) is 1.63.